The van der Waals surface area contributed by atoms with Crippen LogP contribution in [0.3, 0.4) is 0 Å². The normalized spacial score (nSPS) is 18.9. The number of rotatable bonds is 6. The van der Waals surface area contributed by atoms with Gasteiger partial charge in [0.05, 0.1) is 6.10 Å². The summed E-state index contributed by atoms with van der Waals surface area (Å²) in [6.45, 7) is 5.40. The van der Waals surface area contributed by atoms with Crippen molar-refractivity contribution < 1.29 is 9.13 Å². The van der Waals surface area contributed by atoms with Crippen molar-refractivity contribution in [1.29, 1.82) is 0 Å². The summed E-state index contributed by atoms with van der Waals surface area (Å²) in [5.74, 6) is -0.141. The van der Waals surface area contributed by atoms with E-state index in [1.807, 2.05) is 12.1 Å². The van der Waals surface area contributed by atoms with Crippen molar-refractivity contribution in [2.45, 2.75) is 38.3 Å². The van der Waals surface area contributed by atoms with Gasteiger partial charge in [0.1, 0.15) is 5.82 Å². The number of ether oxygens (including phenoxy) is 1. The van der Waals surface area contributed by atoms with Crippen LogP contribution in [0.25, 0.3) is 0 Å². The molecule has 21 heavy (non-hydrogen) atoms. The van der Waals surface area contributed by atoms with Crippen LogP contribution in [0, 0.1) is 5.82 Å². The van der Waals surface area contributed by atoms with Crippen LogP contribution in [0.2, 0.25) is 0 Å². The van der Waals surface area contributed by atoms with Crippen molar-refractivity contribution >= 4 is 15.9 Å². The quantitative estimate of drug-likeness (QED) is 0.791. The average molecular weight is 359 g/mol. The van der Waals surface area contributed by atoms with Gasteiger partial charge in [0.15, 0.2) is 0 Å². The first-order valence-electron chi connectivity index (χ1n) is 7.62. The van der Waals surface area contributed by atoms with E-state index in [1.165, 1.54) is 6.07 Å². The highest BCUT2D eigenvalue weighted by Crippen LogP contribution is 2.28. The van der Waals surface area contributed by atoms with Crippen LogP contribution < -0.4 is 5.73 Å². The Balaban J connectivity index is 1.86. The Bertz CT molecular complexity index is 450. The van der Waals surface area contributed by atoms with Crippen LogP contribution in [0.5, 0.6) is 0 Å². The summed E-state index contributed by atoms with van der Waals surface area (Å²) in [5, 5.41) is 0. The molecule has 1 aliphatic rings. The second-order valence-electron chi connectivity index (χ2n) is 5.59. The van der Waals surface area contributed by atoms with Crippen LogP contribution in [0.15, 0.2) is 22.7 Å². The van der Waals surface area contributed by atoms with Crippen LogP contribution in [0.1, 0.15) is 37.8 Å². The van der Waals surface area contributed by atoms with Gasteiger partial charge in [0, 0.05) is 35.8 Å². The van der Waals surface area contributed by atoms with E-state index in [1.54, 1.807) is 0 Å². The summed E-state index contributed by atoms with van der Waals surface area (Å²) in [6.07, 6.45) is 3.26. The Morgan fingerprint density at radius 1 is 1.43 bits per heavy atom. The third-order valence-corrected chi connectivity index (χ3v) is 4.63. The Kier molecular flexibility index (Phi) is 6.61. The molecule has 1 aromatic rings. The molecule has 2 rings (SSSR count). The molecule has 1 heterocycles. The molecule has 0 spiro atoms. The SMILES string of the molecule is CC(c1ccc(Br)cc1F)N1CCC(OCCCN)CC1. The number of benzene rings is 1. The van der Waals surface area contributed by atoms with Crippen molar-refractivity contribution in [2.24, 2.45) is 5.73 Å². The fourth-order valence-electron chi connectivity index (χ4n) is 2.80. The first kappa shape index (κ1) is 16.9. The second kappa shape index (κ2) is 8.22. The van der Waals surface area contributed by atoms with Gasteiger partial charge >= 0.3 is 0 Å². The summed E-state index contributed by atoms with van der Waals surface area (Å²) in [7, 11) is 0. The number of likely N-dealkylation sites (tertiary alicyclic amines) is 1. The fourth-order valence-corrected chi connectivity index (χ4v) is 3.13. The van der Waals surface area contributed by atoms with Gasteiger partial charge in [-0.1, -0.05) is 22.0 Å². The van der Waals surface area contributed by atoms with Crippen molar-refractivity contribution in [3.63, 3.8) is 0 Å². The molecule has 3 nitrogen and oxygen atoms in total. The predicted octanol–water partition coefficient (Wildman–Crippen LogP) is 3.48. The maximum absolute atomic E-state index is 14.0. The monoisotopic (exact) mass is 358 g/mol. The molecule has 1 unspecified atom stereocenters. The van der Waals surface area contributed by atoms with Gasteiger partial charge in [-0.2, -0.15) is 0 Å². The van der Waals surface area contributed by atoms with Gasteiger partial charge in [0.2, 0.25) is 0 Å². The fraction of sp³-hybridized carbons (Fsp3) is 0.625. The Hall–Kier alpha value is -0.490. The molecule has 1 fully saturated rings. The summed E-state index contributed by atoms with van der Waals surface area (Å²) in [6, 6.07) is 5.41. The van der Waals surface area contributed by atoms with Gasteiger partial charge < -0.3 is 10.5 Å². The first-order chi connectivity index (χ1) is 10.1. The lowest BCUT2D eigenvalue weighted by atomic mass is 10.0. The minimum absolute atomic E-state index is 0.100. The highest BCUT2D eigenvalue weighted by Gasteiger charge is 2.25. The van der Waals surface area contributed by atoms with E-state index in [0.717, 1.165) is 49.0 Å². The first-order valence-corrected chi connectivity index (χ1v) is 8.41. The molecule has 0 aromatic heterocycles. The molecule has 118 valence electrons. The third-order valence-electron chi connectivity index (χ3n) is 4.14. The molecule has 0 amide bonds. The zero-order valence-corrected chi connectivity index (χ0v) is 14.1. The lowest BCUT2D eigenvalue weighted by molar-refractivity contribution is -0.00103. The Morgan fingerprint density at radius 2 is 2.14 bits per heavy atom. The molecule has 1 saturated heterocycles. The standard InChI is InChI=1S/C16H24BrFN2O/c1-12(15-4-3-13(17)11-16(15)18)20-8-5-14(6-9-20)21-10-2-7-19/h3-4,11-12,14H,2,5-10,19H2,1H3. The molecule has 2 N–H and O–H groups in total. The second-order valence-corrected chi connectivity index (χ2v) is 6.51. The molecule has 0 bridgehead atoms. The average Bonchev–Trinajstić information content (AvgIpc) is 2.48. The molecule has 0 aliphatic carbocycles. The van der Waals surface area contributed by atoms with Gasteiger partial charge in [-0.3, -0.25) is 4.90 Å². The van der Waals surface area contributed by atoms with Gasteiger partial charge in [0.25, 0.3) is 0 Å². The summed E-state index contributed by atoms with van der Waals surface area (Å²) in [5.41, 5.74) is 6.23. The van der Waals surface area contributed by atoms with E-state index in [2.05, 4.69) is 27.8 Å². The van der Waals surface area contributed by atoms with Crippen LogP contribution in [-0.2, 0) is 4.74 Å². The number of nitrogens with two attached hydrogens (primary N) is 1. The van der Waals surface area contributed by atoms with E-state index >= 15 is 0 Å². The van der Waals surface area contributed by atoms with E-state index in [4.69, 9.17) is 10.5 Å². The van der Waals surface area contributed by atoms with Crippen LogP contribution in [-0.4, -0.2) is 37.2 Å². The van der Waals surface area contributed by atoms with Crippen LogP contribution >= 0.6 is 15.9 Å². The van der Waals surface area contributed by atoms with E-state index in [9.17, 15) is 4.39 Å². The highest BCUT2D eigenvalue weighted by atomic mass is 79.9. The molecule has 5 heteroatoms. The summed E-state index contributed by atoms with van der Waals surface area (Å²) >= 11 is 3.30. The summed E-state index contributed by atoms with van der Waals surface area (Å²) in [4.78, 5) is 2.33. The van der Waals surface area contributed by atoms with Crippen molar-refractivity contribution in [2.75, 3.05) is 26.2 Å². The number of nitrogens with zero attached hydrogens (tertiary/aromatic N) is 1. The Morgan fingerprint density at radius 3 is 2.76 bits per heavy atom. The largest absolute Gasteiger partial charge is 0.378 e. The van der Waals surface area contributed by atoms with Gasteiger partial charge in [-0.05, 0) is 44.9 Å². The van der Waals surface area contributed by atoms with Gasteiger partial charge in [-0.15, -0.1) is 0 Å². The predicted molar refractivity (Wildman–Crippen MR) is 86.7 cm³/mol. The lowest BCUT2D eigenvalue weighted by Crippen LogP contribution is -2.39. The third kappa shape index (κ3) is 4.74. The van der Waals surface area contributed by atoms with E-state index in [-0.39, 0.29) is 11.9 Å². The van der Waals surface area contributed by atoms with Crippen molar-refractivity contribution in [3.8, 4) is 0 Å². The van der Waals surface area contributed by atoms with E-state index in [0.29, 0.717) is 12.6 Å². The van der Waals surface area contributed by atoms with Crippen molar-refractivity contribution in [3.05, 3.63) is 34.1 Å². The molecule has 1 atom stereocenters. The number of piperidine rings is 1. The minimum atomic E-state index is -0.141. The highest BCUT2D eigenvalue weighted by molar-refractivity contribution is 9.10. The Labute approximate surface area is 134 Å². The number of hydrogen-bond acceptors (Lipinski definition) is 3. The summed E-state index contributed by atoms with van der Waals surface area (Å²) < 4.78 is 20.6. The lowest BCUT2D eigenvalue weighted by Gasteiger charge is -2.36. The van der Waals surface area contributed by atoms with Crippen molar-refractivity contribution in [1.82, 2.24) is 4.90 Å². The molecular weight excluding hydrogens is 335 g/mol. The maximum atomic E-state index is 14.0. The number of halogens is 2. The zero-order valence-electron chi connectivity index (χ0n) is 12.5. The molecule has 0 saturated carbocycles. The van der Waals surface area contributed by atoms with E-state index < -0.39 is 0 Å². The molecule has 1 aliphatic heterocycles. The number of hydrogen-bond donors (Lipinski definition) is 1. The topological polar surface area (TPSA) is 38.5 Å². The molecular formula is C16H24BrFN2O. The maximum Gasteiger partial charge on any atom is 0.129 e. The zero-order chi connectivity index (χ0) is 15.2. The molecule has 1 aromatic carbocycles. The minimum Gasteiger partial charge on any atom is -0.378 e. The smallest absolute Gasteiger partial charge is 0.129 e. The van der Waals surface area contributed by atoms with Gasteiger partial charge in [-0.25, -0.2) is 4.39 Å². The van der Waals surface area contributed by atoms with Crippen LogP contribution in [0.4, 0.5) is 4.39 Å². The molecule has 0 radical (unpaired) electrons.